The number of carbonyl (C=O) groups is 1. The van der Waals surface area contributed by atoms with Gasteiger partial charge in [0.1, 0.15) is 30.4 Å². The average Bonchev–Trinajstić information content (AvgIpc) is 3.30. The quantitative estimate of drug-likeness (QED) is 0.451. The second-order valence-electron chi connectivity index (χ2n) is 6.46. The van der Waals surface area contributed by atoms with Crippen molar-refractivity contribution in [1.29, 1.82) is 0 Å². The van der Waals surface area contributed by atoms with E-state index in [-0.39, 0.29) is 11.3 Å². The van der Waals surface area contributed by atoms with Crippen molar-refractivity contribution in [3.63, 3.8) is 0 Å². The molecule has 1 aliphatic rings. The highest BCUT2D eigenvalue weighted by molar-refractivity contribution is 6.06. The number of hydrogen-bond acceptors (Lipinski definition) is 9. The summed E-state index contributed by atoms with van der Waals surface area (Å²) in [6, 6.07) is 6.57. The average molecular weight is 401 g/mol. The number of amides is 1. The van der Waals surface area contributed by atoms with Crippen molar-refractivity contribution in [2.24, 2.45) is 0 Å². The number of hydrogen-bond donors (Lipinski definition) is 4. The number of aliphatic hydroxyl groups excluding tert-OH is 3. The first-order valence-corrected chi connectivity index (χ1v) is 8.79. The van der Waals surface area contributed by atoms with Gasteiger partial charge in [-0.25, -0.2) is 15.0 Å². The molecule has 4 N–H and O–H groups in total. The number of aromatic nitrogens is 4. The van der Waals surface area contributed by atoms with Gasteiger partial charge in [0.05, 0.1) is 20.0 Å². The van der Waals surface area contributed by atoms with Crippen molar-refractivity contribution in [2.75, 3.05) is 19.0 Å². The Morgan fingerprint density at radius 1 is 1.21 bits per heavy atom. The highest BCUT2D eigenvalue weighted by Gasteiger charge is 2.44. The molecule has 0 unspecified atom stereocenters. The monoisotopic (exact) mass is 401 g/mol. The van der Waals surface area contributed by atoms with E-state index < -0.39 is 37.1 Å². The summed E-state index contributed by atoms with van der Waals surface area (Å²) >= 11 is 0. The van der Waals surface area contributed by atoms with Gasteiger partial charge in [-0.2, -0.15) is 0 Å². The van der Waals surface area contributed by atoms with E-state index in [1.54, 1.807) is 24.3 Å². The van der Waals surface area contributed by atoms with Gasteiger partial charge in [0.15, 0.2) is 23.2 Å². The molecule has 29 heavy (non-hydrogen) atoms. The molecule has 0 spiro atoms. The van der Waals surface area contributed by atoms with Crippen LogP contribution in [0.2, 0.25) is 0 Å². The minimum absolute atomic E-state index is 0.182. The number of methoxy groups -OCH3 is 1. The van der Waals surface area contributed by atoms with Crippen LogP contribution in [0.15, 0.2) is 36.9 Å². The lowest BCUT2D eigenvalue weighted by Crippen LogP contribution is -2.33. The van der Waals surface area contributed by atoms with Gasteiger partial charge in [-0.3, -0.25) is 9.36 Å². The number of nitrogens with one attached hydrogen (secondary N) is 1. The van der Waals surface area contributed by atoms with E-state index in [0.717, 1.165) is 0 Å². The Kier molecular flexibility index (Phi) is 5.11. The fourth-order valence-electron chi connectivity index (χ4n) is 3.16. The molecule has 4 atom stereocenters. The van der Waals surface area contributed by atoms with Crippen LogP contribution in [0, 0.1) is 0 Å². The van der Waals surface area contributed by atoms with Crippen molar-refractivity contribution in [1.82, 2.24) is 19.5 Å². The summed E-state index contributed by atoms with van der Waals surface area (Å²) < 4.78 is 12.0. The number of anilines is 1. The highest BCUT2D eigenvalue weighted by atomic mass is 16.6. The van der Waals surface area contributed by atoms with Gasteiger partial charge in [0.25, 0.3) is 5.91 Å². The summed E-state index contributed by atoms with van der Waals surface area (Å²) in [4.78, 5) is 25.0. The number of fused-ring (bicyclic) bond motifs is 1. The molecule has 1 saturated heterocycles. The van der Waals surface area contributed by atoms with Gasteiger partial charge in [0.2, 0.25) is 0 Å². The Morgan fingerprint density at radius 3 is 2.62 bits per heavy atom. The number of rotatable bonds is 5. The Bertz CT molecular complexity index is 1020. The van der Waals surface area contributed by atoms with Crippen LogP contribution < -0.4 is 10.1 Å². The number of benzene rings is 1. The van der Waals surface area contributed by atoms with Crippen molar-refractivity contribution < 1.29 is 29.6 Å². The van der Waals surface area contributed by atoms with E-state index >= 15 is 0 Å². The van der Waals surface area contributed by atoms with Crippen LogP contribution in [0.3, 0.4) is 0 Å². The van der Waals surface area contributed by atoms with E-state index in [4.69, 9.17) is 9.47 Å². The first-order valence-electron chi connectivity index (χ1n) is 8.79. The molecule has 3 aromatic rings. The SMILES string of the molecule is COc1ccc(C(=O)Nc2ncnc3c2ncn3[C@@H]2O[C@@H](CO)[C@H](O)[C@H]2O)cc1. The molecule has 3 heterocycles. The first kappa shape index (κ1) is 19.2. The zero-order valence-corrected chi connectivity index (χ0v) is 15.3. The summed E-state index contributed by atoms with van der Waals surface area (Å²) in [5.41, 5.74) is 0.979. The largest absolute Gasteiger partial charge is 0.497 e. The van der Waals surface area contributed by atoms with Crippen molar-refractivity contribution >= 4 is 22.9 Å². The van der Waals surface area contributed by atoms with Gasteiger partial charge in [0, 0.05) is 5.56 Å². The van der Waals surface area contributed by atoms with Crippen molar-refractivity contribution in [3.8, 4) is 5.75 Å². The zero-order chi connectivity index (χ0) is 20.5. The summed E-state index contributed by atoms with van der Waals surface area (Å²) in [5, 5.41) is 32.2. The maximum Gasteiger partial charge on any atom is 0.256 e. The van der Waals surface area contributed by atoms with E-state index in [1.165, 1.54) is 24.3 Å². The highest BCUT2D eigenvalue weighted by Crippen LogP contribution is 2.32. The molecule has 152 valence electrons. The van der Waals surface area contributed by atoms with Crippen LogP contribution in [0.4, 0.5) is 5.82 Å². The van der Waals surface area contributed by atoms with Crippen LogP contribution in [0.5, 0.6) is 5.75 Å². The number of aliphatic hydroxyl groups is 3. The molecule has 4 rings (SSSR count). The van der Waals surface area contributed by atoms with E-state index in [9.17, 15) is 20.1 Å². The normalized spacial score (nSPS) is 24.0. The third-order valence-corrected chi connectivity index (χ3v) is 4.73. The third-order valence-electron chi connectivity index (χ3n) is 4.73. The summed E-state index contributed by atoms with van der Waals surface area (Å²) in [6.45, 7) is -0.445. The molecule has 0 radical (unpaired) electrons. The minimum Gasteiger partial charge on any atom is -0.497 e. The van der Waals surface area contributed by atoms with Crippen LogP contribution in [0.25, 0.3) is 11.2 Å². The topological polar surface area (TPSA) is 152 Å². The van der Waals surface area contributed by atoms with Crippen molar-refractivity contribution in [3.05, 3.63) is 42.5 Å². The molecular weight excluding hydrogens is 382 g/mol. The zero-order valence-electron chi connectivity index (χ0n) is 15.3. The summed E-state index contributed by atoms with van der Waals surface area (Å²) in [6.07, 6.45) is -1.85. The smallest absolute Gasteiger partial charge is 0.256 e. The standard InChI is InChI=1S/C18H19N5O6/c1-28-10-4-2-9(3-5-10)17(27)22-15-12-16(20-7-19-15)23(8-21-12)18-14(26)13(25)11(6-24)29-18/h2-5,7-8,11,13-14,18,24-26H,6H2,1H3,(H,19,20,22,27)/t11-,13-,14+,18+/m0/s1. The predicted molar refractivity (Wildman–Crippen MR) is 99.3 cm³/mol. The molecule has 0 saturated carbocycles. The molecule has 11 nitrogen and oxygen atoms in total. The Balaban J connectivity index is 1.61. The maximum atomic E-state index is 12.5. The van der Waals surface area contributed by atoms with Gasteiger partial charge in [-0.1, -0.05) is 0 Å². The molecule has 0 aliphatic carbocycles. The molecule has 1 aliphatic heterocycles. The molecule has 2 aromatic heterocycles. The fourth-order valence-corrected chi connectivity index (χ4v) is 3.16. The fraction of sp³-hybridized carbons (Fsp3) is 0.333. The number of carbonyl (C=O) groups excluding carboxylic acids is 1. The molecule has 1 amide bonds. The Labute approximate surface area is 164 Å². The van der Waals surface area contributed by atoms with E-state index in [0.29, 0.717) is 17.0 Å². The first-order chi connectivity index (χ1) is 14.0. The lowest BCUT2D eigenvalue weighted by molar-refractivity contribution is -0.0511. The Hall–Kier alpha value is -3.12. The van der Waals surface area contributed by atoms with E-state index in [1.807, 2.05) is 0 Å². The van der Waals surface area contributed by atoms with Gasteiger partial charge in [-0.15, -0.1) is 0 Å². The molecule has 1 aromatic carbocycles. The number of nitrogens with zero attached hydrogens (tertiary/aromatic N) is 4. The molecule has 11 heteroatoms. The lowest BCUT2D eigenvalue weighted by atomic mass is 10.1. The van der Waals surface area contributed by atoms with Gasteiger partial charge in [-0.05, 0) is 24.3 Å². The van der Waals surface area contributed by atoms with Gasteiger partial charge < -0.3 is 30.1 Å². The third kappa shape index (κ3) is 3.40. The number of imidazole rings is 1. The number of ether oxygens (including phenoxy) is 2. The molecular formula is C18H19N5O6. The Morgan fingerprint density at radius 2 is 1.97 bits per heavy atom. The predicted octanol–water partition coefficient (Wildman–Crippen LogP) is -0.301. The minimum atomic E-state index is -1.28. The van der Waals surface area contributed by atoms with Gasteiger partial charge >= 0.3 is 0 Å². The van der Waals surface area contributed by atoms with Crippen LogP contribution in [-0.4, -0.2) is 72.8 Å². The lowest BCUT2D eigenvalue weighted by Gasteiger charge is -2.16. The van der Waals surface area contributed by atoms with E-state index in [2.05, 4.69) is 20.3 Å². The van der Waals surface area contributed by atoms with Crippen LogP contribution in [-0.2, 0) is 4.74 Å². The summed E-state index contributed by atoms with van der Waals surface area (Å²) in [7, 11) is 1.54. The van der Waals surface area contributed by atoms with Crippen LogP contribution >= 0.6 is 0 Å². The summed E-state index contributed by atoms with van der Waals surface area (Å²) in [5.74, 6) is 0.416. The van der Waals surface area contributed by atoms with Crippen molar-refractivity contribution in [2.45, 2.75) is 24.5 Å². The second kappa shape index (κ2) is 7.72. The molecule has 0 bridgehead atoms. The maximum absolute atomic E-state index is 12.5. The second-order valence-corrected chi connectivity index (χ2v) is 6.46. The molecule has 1 fully saturated rings. The van der Waals surface area contributed by atoms with Crippen LogP contribution in [0.1, 0.15) is 16.6 Å².